The fourth-order valence-electron chi connectivity index (χ4n) is 1.24. The van der Waals surface area contributed by atoms with Crippen LogP contribution < -0.4 is 10.6 Å². The lowest BCUT2D eigenvalue weighted by Gasteiger charge is -2.13. The summed E-state index contributed by atoms with van der Waals surface area (Å²) < 4.78 is 18.0. The smallest absolute Gasteiger partial charge is 0.328 e. The van der Waals surface area contributed by atoms with Crippen molar-refractivity contribution in [3.63, 3.8) is 0 Å². The number of esters is 1. The molecule has 2 amide bonds. The number of urea groups is 1. The number of para-hydroxylation sites is 1. The second-order valence-corrected chi connectivity index (χ2v) is 3.55. The van der Waals surface area contributed by atoms with Crippen LogP contribution in [0, 0.1) is 5.82 Å². The van der Waals surface area contributed by atoms with Crippen LogP contribution in [0.5, 0.6) is 0 Å². The Hall–Kier alpha value is -2.11. The summed E-state index contributed by atoms with van der Waals surface area (Å²) in [7, 11) is 0. The molecule has 0 bridgehead atoms. The topological polar surface area (TPSA) is 67.4 Å². The molecule has 0 aromatic heterocycles. The fraction of sp³-hybridized carbons (Fsp3) is 0.333. The molecule has 1 unspecified atom stereocenters. The van der Waals surface area contributed by atoms with Crippen LogP contribution in [0.4, 0.5) is 14.9 Å². The molecular weight excluding hydrogens is 239 g/mol. The number of hydrogen-bond donors (Lipinski definition) is 2. The van der Waals surface area contributed by atoms with Gasteiger partial charge in [0.05, 0.1) is 12.3 Å². The molecule has 6 heteroatoms. The number of carbonyl (C=O) groups excluding carboxylic acids is 2. The van der Waals surface area contributed by atoms with E-state index < -0.39 is 23.9 Å². The molecular formula is C12H15FN2O3. The second-order valence-electron chi connectivity index (χ2n) is 3.55. The number of halogens is 1. The second kappa shape index (κ2) is 6.58. The number of anilines is 1. The van der Waals surface area contributed by atoms with E-state index in [4.69, 9.17) is 4.74 Å². The van der Waals surface area contributed by atoms with Crippen molar-refractivity contribution in [3.8, 4) is 0 Å². The van der Waals surface area contributed by atoms with Crippen molar-refractivity contribution in [3.05, 3.63) is 30.1 Å². The van der Waals surface area contributed by atoms with Crippen LogP contribution in [0.15, 0.2) is 24.3 Å². The quantitative estimate of drug-likeness (QED) is 0.806. The largest absolute Gasteiger partial charge is 0.464 e. The molecule has 2 N–H and O–H groups in total. The fourth-order valence-corrected chi connectivity index (χ4v) is 1.24. The Balaban J connectivity index is 2.52. The van der Waals surface area contributed by atoms with Crippen molar-refractivity contribution < 1.29 is 18.7 Å². The van der Waals surface area contributed by atoms with Gasteiger partial charge in [-0.1, -0.05) is 12.1 Å². The highest BCUT2D eigenvalue weighted by molar-refractivity contribution is 5.92. The minimum atomic E-state index is -0.795. The van der Waals surface area contributed by atoms with E-state index in [9.17, 15) is 14.0 Å². The maximum absolute atomic E-state index is 13.2. The molecule has 18 heavy (non-hydrogen) atoms. The molecule has 98 valence electrons. The van der Waals surface area contributed by atoms with Gasteiger partial charge < -0.3 is 15.4 Å². The molecule has 5 nitrogen and oxygen atoms in total. The van der Waals surface area contributed by atoms with Crippen molar-refractivity contribution >= 4 is 17.7 Å². The Kier molecular flexibility index (Phi) is 5.10. The van der Waals surface area contributed by atoms with E-state index in [0.29, 0.717) is 0 Å². The van der Waals surface area contributed by atoms with Gasteiger partial charge in [0.25, 0.3) is 0 Å². The Bertz CT molecular complexity index is 437. The Morgan fingerprint density at radius 1 is 1.39 bits per heavy atom. The zero-order valence-electron chi connectivity index (χ0n) is 10.2. The number of amides is 2. The van der Waals surface area contributed by atoms with Crippen molar-refractivity contribution in [2.45, 2.75) is 19.9 Å². The van der Waals surface area contributed by atoms with Gasteiger partial charge in [-0.3, -0.25) is 0 Å². The molecule has 1 rings (SSSR count). The van der Waals surface area contributed by atoms with Crippen LogP contribution in [-0.4, -0.2) is 24.6 Å². The van der Waals surface area contributed by atoms with E-state index in [0.717, 1.165) is 0 Å². The van der Waals surface area contributed by atoms with Crippen LogP contribution in [0.1, 0.15) is 13.8 Å². The number of nitrogens with one attached hydrogen (secondary N) is 2. The van der Waals surface area contributed by atoms with E-state index in [1.165, 1.54) is 25.1 Å². The first-order valence-electron chi connectivity index (χ1n) is 5.53. The molecule has 0 saturated carbocycles. The highest BCUT2D eigenvalue weighted by atomic mass is 19.1. The number of benzene rings is 1. The third-order valence-corrected chi connectivity index (χ3v) is 2.11. The number of rotatable bonds is 4. The van der Waals surface area contributed by atoms with Gasteiger partial charge in [0.1, 0.15) is 11.9 Å². The van der Waals surface area contributed by atoms with E-state index >= 15 is 0 Å². The van der Waals surface area contributed by atoms with Gasteiger partial charge in [-0.15, -0.1) is 0 Å². The van der Waals surface area contributed by atoms with Crippen molar-refractivity contribution in [2.75, 3.05) is 11.9 Å². The van der Waals surface area contributed by atoms with Crippen molar-refractivity contribution in [2.24, 2.45) is 0 Å². The summed E-state index contributed by atoms with van der Waals surface area (Å²) in [6.45, 7) is 3.39. The molecule has 1 aromatic carbocycles. The lowest BCUT2D eigenvalue weighted by atomic mass is 10.3. The van der Waals surface area contributed by atoms with Gasteiger partial charge in [-0.2, -0.15) is 0 Å². The van der Waals surface area contributed by atoms with Gasteiger partial charge in [-0.25, -0.2) is 14.0 Å². The molecule has 0 aliphatic rings. The van der Waals surface area contributed by atoms with Gasteiger partial charge in [0, 0.05) is 0 Å². The van der Waals surface area contributed by atoms with Crippen molar-refractivity contribution in [1.29, 1.82) is 0 Å². The molecule has 0 fully saturated rings. The van der Waals surface area contributed by atoms with Gasteiger partial charge in [0.15, 0.2) is 0 Å². The normalized spacial score (nSPS) is 11.5. The first-order chi connectivity index (χ1) is 8.54. The highest BCUT2D eigenvalue weighted by Crippen LogP contribution is 2.11. The zero-order chi connectivity index (χ0) is 13.5. The minimum Gasteiger partial charge on any atom is -0.464 e. The standard InChI is InChI=1S/C12H15FN2O3/c1-3-18-11(16)8(2)14-12(17)15-10-7-5-4-6-9(10)13/h4-8H,3H2,1-2H3,(H2,14,15,17). The first kappa shape index (κ1) is 14.0. The monoisotopic (exact) mass is 254 g/mol. The van der Waals surface area contributed by atoms with Crippen LogP contribution in [0.25, 0.3) is 0 Å². The molecule has 0 radical (unpaired) electrons. The molecule has 1 atom stereocenters. The molecule has 0 saturated heterocycles. The highest BCUT2D eigenvalue weighted by Gasteiger charge is 2.16. The van der Waals surface area contributed by atoms with Crippen molar-refractivity contribution in [1.82, 2.24) is 5.32 Å². The Morgan fingerprint density at radius 2 is 2.06 bits per heavy atom. The summed E-state index contributed by atoms with van der Waals surface area (Å²) >= 11 is 0. The van der Waals surface area contributed by atoms with Crippen LogP contribution in [0.2, 0.25) is 0 Å². The number of ether oxygens (including phenoxy) is 1. The van der Waals surface area contributed by atoms with E-state index in [1.807, 2.05) is 0 Å². The average Bonchev–Trinajstić information content (AvgIpc) is 2.32. The third-order valence-electron chi connectivity index (χ3n) is 2.11. The summed E-state index contributed by atoms with van der Waals surface area (Å²) in [5, 5.41) is 4.65. The third kappa shape index (κ3) is 4.04. The summed E-state index contributed by atoms with van der Waals surface area (Å²) in [6.07, 6.45) is 0. The van der Waals surface area contributed by atoms with Gasteiger partial charge >= 0.3 is 12.0 Å². The van der Waals surface area contributed by atoms with Crippen LogP contribution in [-0.2, 0) is 9.53 Å². The number of carbonyl (C=O) groups is 2. The predicted molar refractivity (Wildman–Crippen MR) is 64.6 cm³/mol. The zero-order valence-corrected chi connectivity index (χ0v) is 10.2. The average molecular weight is 254 g/mol. The maximum atomic E-state index is 13.2. The summed E-state index contributed by atoms with van der Waals surface area (Å²) in [5.74, 6) is -1.09. The van der Waals surface area contributed by atoms with Crippen LogP contribution in [0.3, 0.4) is 0 Å². The van der Waals surface area contributed by atoms with E-state index in [-0.39, 0.29) is 12.3 Å². The Labute approximate surface area is 104 Å². The summed E-state index contributed by atoms with van der Waals surface area (Å²) in [6, 6.07) is 4.29. The molecule has 0 aliphatic heterocycles. The van der Waals surface area contributed by atoms with E-state index in [1.54, 1.807) is 13.0 Å². The summed E-state index contributed by atoms with van der Waals surface area (Å²) in [5.41, 5.74) is 0.0473. The van der Waals surface area contributed by atoms with Crippen LogP contribution >= 0.6 is 0 Å². The minimum absolute atomic E-state index is 0.0473. The Morgan fingerprint density at radius 3 is 2.67 bits per heavy atom. The van der Waals surface area contributed by atoms with E-state index in [2.05, 4.69) is 10.6 Å². The maximum Gasteiger partial charge on any atom is 0.328 e. The van der Waals surface area contributed by atoms with Gasteiger partial charge in [-0.05, 0) is 26.0 Å². The first-order valence-corrected chi connectivity index (χ1v) is 5.53. The lowest BCUT2D eigenvalue weighted by molar-refractivity contribution is -0.144. The predicted octanol–water partition coefficient (Wildman–Crippen LogP) is 1.90. The molecule has 0 heterocycles. The number of hydrogen-bond acceptors (Lipinski definition) is 3. The summed E-state index contributed by atoms with van der Waals surface area (Å²) in [4.78, 5) is 22.7. The lowest BCUT2D eigenvalue weighted by Crippen LogP contribution is -2.42. The van der Waals surface area contributed by atoms with Gasteiger partial charge in [0.2, 0.25) is 0 Å². The molecule has 0 spiro atoms. The SMILES string of the molecule is CCOC(=O)C(C)NC(=O)Nc1ccccc1F. The molecule has 1 aromatic rings. The molecule has 0 aliphatic carbocycles.